The van der Waals surface area contributed by atoms with Crippen LogP contribution in [-0.4, -0.2) is 38.4 Å². The molecular weight excluding hydrogens is 324 g/mol. The van der Waals surface area contributed by atoms with E-state index in [1.54, 1.807) is 14.2 Å². The minimum Gasteiger partial charge on any atom is -0.496 e. The van der Waals surface area contributed by atoms with Crippen molar-refractivity contribution in [2.75, 3.05) is 20.7 Å². The zero-order valence-corrected chi connectivity index (χ0v) is 13.9. The van der Waals surface area contributed by atoms with Gasteiger partial charge in [-0.1, -0.05) is 29.8 Å². The number of hydrogen-bond donors (Lipinski definition) is 0. The number of ether oxygens (including phenoxy) is 1. The third-order valence-electron chi connectivity index (χ3n) is 3.30. The summed E-state index contributed by atoms with van der Waals surface area (Å²) >= 11 is 5.68. The standard InChI is InChI=1S/C15H17ClN2O3S/c1-18(10-9-12-5-3-4-6-14(12)21-2)22(19,20)13-7-8-15(16)17-11-13/h3-8,11H,9-10H2,1-2H3. The average molecular weight is 341 g/mol. The predicted octanol–water partition coefficient (Wildman–Crippen LogP) is 2.61. The monoisotopic (exact) mass is 340 g/mol. The van der Waals surface area contributed by atoms with Crippen molar-refractivity contribution in [1.29, 1.82) is 0 Å². The fraction of sp³-hybridized carbons (Fsp3) is 0.267. The molecule has 0 saturated heterocycles. The van der Waals surface area contributed by atoms with Gasteiger partial charge in [-0.15, -0.1) is 0 Å². The minimum absolute atomic E-state index is 0.124. The van der Waals surface area contributed by atoms with Gasteiger partial charge in [-0.3, -0.25) is 0 Å². The summed E-state index contributed by atoms with van der Waals surface area (Å²) < 4.78 is 31.4. The maximum Gasteiger partial charge on any atom is 0.244 e. The quantitative estimate of drug-likeness (QED) is 0.758. The van der Waals surface area contributed by atoms with Crippen LogP contribution in [0, 0.1) is 0 Å². The van der Waals surface area contributed by atoms with Gasteiger partial charge in [0.05, 0.1) is 7.11 Å². The summed E-state index contributed by atoms with van der Waals surface area (Å²) in [7, 11) is -0.437. The molecule has 0 unspecified atom stereocenters. The molecule has 0 N–H and O–H groups in total. The van der Waals surface area contributed by atoms with Gasteiger partial charge in [0.15, 0.2) is 0 Å². The number of methoxy groups -OCH3 is 1. The topological polar surface area (TPSA) is 59.5 Å². The molecule has 22 heavy (non-hydrogen) atoms. The molecule has 0 atom stereocenters. The van der Waals surface area contributed by atoms with Crippen molar-refractivity contribution in [3.8, 4) is 5.75 Å². The van der Waals surface area contributed by atoms with Crippen LogP contribution in [0.25, 0.3) is 0 Å². The van der Waals surface area contributed by atoms with E-state index in [1.165, 1.54) is 22.6 Å². The lowest BCUT2D eigenvalue weighted by molar-refractivity contribution is 0.406. The highest BCUT2D eigenvalue weighted by molar-refractivity contribution is 7.89. The summed E-state index contributed by atoms with van der Waals surface area (Å²) in [4.78, 5) is 3.94. The number of benzene rings is 1. The van der Waals surface area contributed by atoms with Crippen LogP contribution in [0.2, 0.25) is 5.15 Å². The minimum atomic E-state index is -3.57. The van der Waals surface area contributed by atoms with Crippen LogP contribution in [0.1, 0.15) is 5.56 Å². The number of para-hydroxylation sites is 1. The highest BCUT2D eigenvalue weighted by Crippen LogP contribution is 2.20. The molecule has 0 spiro atoms. The number of pyridine rings is 1. The Hall–Kier alpha value is -1.63. The Balaban J connectivity index is 2.11. The normalized spacial score (nSPS) is 11.6. The first-order chi connectivity index (χ1) is 10.4. The molecule has 1 aromatic carbocycles. The van der Waals surface area contributed by atoms with E-state index in [2.05, 4.69) is 4.98 Å². The molecule has 0 radical (unpaired) electrons. The first-order valence-corrected chi connectivity index (χ1v) is 8.46. The summed E-state index contributed by atoms with van der Waals surface area (Å²) in [6.45, 7) is 0.339. The summed E-state index contributed by atoms with van der Waals surface area (Å²) in [5.41, 5.74) is 0.960. The molecule has 118 valence electrons. The van der Waals surface area contributed by atoms with E-state index in [1.807, 2.05) is 24.3 Å². The second kappa shape index (κ2) is 7.09. The van der Waals surface area contributed by atoms with Crippen LogP contribution in [-0.2, 0) is 16.4 Å². The molecule has 1 aromatic heterocycles. The van der Waals surface area contributed by atoms with Crippen LogP contribution in [0.4, 0.5) is 0 Å². The highest BCUT2D eigenvalue weighted by Gasteiger charge is 2.21. The first-order valence-electron chi connectivity index (χ1n) is 6.65. The van der Waals surface area contributed by atoms with Gasteiger partial charge in [0.25, 0.3) is 0 Å². The molecule has 5 nitrogen and oxygen atoms in total. The van der Waals surface area contributed by atoms with Crippen LogP contribution >= 0.6 is 11.6 Å². The van der Waals surface area contributed by atoms with Crippen LogP contribution in [0.5, 0.6) is 5.75 Å². The van der Waals surface area contributed by atoms with Gasteiger partial charge in [-0.2, -0.15) is 0 Å². The molecule has 2 rings (SSSR count). The SMILES string of the molecule is COc1ccccc1CCN(C)S(=O)(=O)c1ccc(Cl)nc1. The Kier molecular flexibility index (Phi) is 5.39. The van der Waals surface area contributed by atoms with E-state index >= 15 is 0 Å². The highest BCUT2D eigenvalue weighted by atomic mass is 35.5. The van der Waals surface area contributed by atoms with Crippen molar-refractivity contribution in [3.63, 3.8) is 0 Å². The van der Waals surface area contributed by atoms with Gasteiger partial charge in [0, 0.05) is 19.8 Å². The number of aromatic nitrogens is 1. The Labute approximate surface area is 135 Å². The maximum absolute atomic E-state index is 12.4. The van der Waals surface area contributed by atoms with Crippen LogP contribution in [0.3, 0.4) is 0 Å². The zero-order valence-electron chi connectivity index (χ0n) is 12.4. The number of nitrogens with zero attached hydrogens (tertiary/aromatic N) is 2. The molecule has 0 fully saturated rings. The molecule has 7 heteroatoms. The lowest BCUT2D eigenvalue weighted by Gasteiger charge is -2.17. The fourth-order valence-corrected chi connectivity index (χ4v) is 3.23. The predicted molar refractivity (Wildman–Crippen MR) is 85.8 cm³/mol. The number of sulfonamides is 1. The van der Waals surface area contributed by atoms with E-state index in [4.69, 9.17) is 16.3 Å². The number of rotatable bonds is 6. The Morgan fingerprint density at radius 1 is 1.23 bits per heavy atom. The summed E-state index contributed by atoms with van der Waals surface area (Å²) in [5, 5.41) is 0.260. The van der Waals surface area contributed by atoms with E-state index in [0.717, 1.165) is 11.3 Å². The third-order valence-corrected chi connectivity index (χ3v) is 5.36. The lowest BCUT2D eigenvalue weighted by Crippen LogP contribution is -2.29. The van der Waals surface area contributed by atoms with Crippen molar-refractivity contribution in [3.05, 3.63) is 53.3 Å². The molecule has 1 heterocycles. The number of halogens is 1. The molecule has 0 aliphatic rings. The van der Waals surface area contributed by atoms with Gasteiger partial charge in [-0.05, 0) is 30.2 Å². The van der Waals surface area contributed by atoms with Crippen molar-refractivity contribution >= 4 is 21.6 Å². The van der Waals surface area contributed by atoms with Gasteiger partial charge >= 0.3 is 0 Å². The van der Waals surface area contributed by atoms with E-state index in [0.29, 0.717) is 13.0 Å². The third kappa shape index (κ3) is 3.76. The number of likely N-dealkylation sites (N-methyl/N-ethyl adjacent to an activating group) is 1. The largest absolute Gasteiger partial charge is 0.496 e. The van der Waals surface area contributed by atoms with Crippen molar-refractivity contribution in [2.45, 2.75) is 11.3 Å². The average Bonchev–Trinajstić information content (AvgIpc) is 2.53. The second-order valence-electron chi connectivity index (χ2n) is 4.71. The molecule has 0 saturated carbocycles. The summed E-state index contributed by atoms with van der Waals surface area (Å²) in [5.74, 6) is 0.751. The Morgan fingerprint density at radius 2 is 1.95 bits per heavy atom. The molecule has 0 aliphatic heterocycles. The van der Waals surface area contributed by atoms with E-state index < -0.39 is 10.0 Å². The Morgan fingerprint density at radius 3 is 2.59 bits per heavy atom. The first kappa shape index (κ1) is 16.7. The van der Waals surface area contributed by atoms with E-state index in [-0.39, 0.29) is 10.0 Å². The Bertz CT molecular complexity index is 733. The molecule has 2 aromatic rings. The fourth-order valence-electron chi connectivity index (χ4n) is 2.00. The van der Waals surface area contributed by atoms with Crippen molar-refractivity contribution < 1.29 is 13.2 Å². The lowest BCUT2D eigenvalue weighted by atomic mass is 10.1. The van der Waals surface area contributed by atoms with Gasteiger partial charge in [-0.25, -0.2) is 17.7 Å². The van der Waals surface area contributed by atoms with Crippen molar-refractivity contribution in [1.82, 2.24) is 9.29 Å². The molecule has 0 bridgehead atoms. The molecule has 0 amide bonds. The van der Waals surface area contributed by atoms with Gasteiger partial charge in [0.2, 0.25) is 10.0 Å². The smallest absolute Gasteiger partial charge is 0.244 e. The second-order valence-corrected chi connectivity index (χ2v) is 7.14. The maximum atomic E-state index is 12.4. The molecular formula is C15H17ClN2O3S. The number of hydrogen-bond acceptors (Lipinski definition) is 4. The zero-order chi connectivity index (χ0) is 16.2. The van der Waals surface area contributed by atoms with Crippen LogP contribution < -0.4 is 4.74 Å². The summed E-state index contributed by atoms with van der Waals surface area (Å²) in [6, 6.07) is 10.5. The van der Waals surface area contributed by atoms with E-state index in [9.17, 15) is 8.42 Å². The molecule has 0 aliphatic carbocycles. The van der Waals surface area contributed by atoms with Gasteiger partial charge in [0.1, 0.15) is 15.8 Å². The van der Waals surface area contributed by atoms with Crippen molar-refractivity contribution in [2.24, 2.45) is 0 Å². The van der Waals surface area contributed by atoms with Gasteiger partial charge < -0.3 is 4.74 Å². The summed E-state index contributed by atoms with van der Waals surface area (Å²) in [6.07, 6.45) is 1.82. The van der Waals surface area contributed by atoms with Crippen LogP contribution in [0.15, 0.2) is 47.5 Å².